The van der Waals surface area contributed by atoms with Crippen molar-refractivity contribution >= 4 is 60.9 Å². The van der Waals surface area contributed by atoms with Crippen molar-refractivity contribution in [3.8, 4) is 44.5 Å². The minimum atomic E-state index is 0.899. The molecule has 58 heavy (non-hydrogen) atoms. The lowest BCUT2D eigenvalue weighted by molar-refractivity contribution is 0.669. The molecule has 0 spiro atoms. The quantitative estimate of drug-likeness (QED) is 0.170. The van der Waals surface area contributed by atoms with Crippen LogP contribution in [0.25, 0.3) is 88.4 Å². The van der Waals surface area contributed by atoms with Crippen LogP contribution in [0.1, 0.15) is 11.1 Å². The highest BCUT2D eigenvalue weighted by Crippen LogP contribution is 2.45. The Morgan fingerprint density at radius 1 is 0.328 bits per heavy atom. The van der Waals surface area contributed by atoms with Crippen molar-refractivity contribution in [1.29, 1.82) is 0 Å². The minimum absolute atomic E-state index is 0.899. The van der Waals surface area contributed by atoms with Crippen molar-refractivity contribution in [2.24, 2.45) is 0 Å². The standard InChI is InChI=1S/C55H35NO2/c1-2-12-45-38(10-1)34-39-11-7-15-43(53(39)45)35-22-28-40(29-23-35)56(41-30-24-36(25-31-41)44-16-9-21-52-54(44)49-14-4-6-20-51(49)57-52)42-32-26-37(27-33-42)46-17-8-18-48-47-13-3-5-19-50(47)58-55(46)48/h1-33H,34H2. The molecule has 2 heterocycles. The lowest BCUT2D eigenvalue weighted by atomic mass is 9.94. The summed E-state index contributed by atoms with van der Waals surface area (Å²) in [4.78, 5) is 2.34. The van der Waals surface area contributed by atoms with Crippen LogP contribution in [0.5, 0.6) is 0 Å². The van der Waals surface area contributed by atoms with Gasteiger partial charge in [0.1, 0.15) is 22.3 Å². The zero-order chi connectivity index (χ0) is 38.2. The van der Waals surface area contributed by atoms with Gasteiger partial charge < -0.3 is 13.7 Å². The zero-order valence-electron chi connectivity index (χ0n) is 31.5. The van der Waals surface area contributed by atoms with Crippen LogP contribution in [0.3, 0.4) is 0 Å². The van der Waals surface area contributed by atoms with E-state index in [1.807, 2.05) is 24.3 Å². The van der Waals surface area contributed by atoms with Crippen molar-refractivity contribution in [2.75, 3.05) is 4.90 Å². The topological polar surface area (TPSA) is 29.5 Å². The summed E-state index contributed by atoms with van der Waals surface area (Å²) in [5.41, 5.74) is 19.3. The fourth-order valence-electron chi connectivity index (χ4n) is 9.24. The molecule has 1 aliphatic carbocycles. The van der Waals surface area contributed by atoms with Gasteiger partial charge >= 0.3 is 0 Å². The summed E-state index contributed by atoms with van der Waals surface area (Å²) in [6, 6.07) is 71.7. The van der Waals surface area contributed by atoms with Gasteiger partial charge in [-0.25, -0.2) is 0 Å². The van der Waals surface area contributed by atoms with Crippen molar-refractivity contribution in [3.63, 3.8) is 0 Å². The van der Waals surface area contributed by atoms with E-state index in [2.05, 4.69) is 181 Å². The highest BCUT2D eigenvalue weighted by Gasteiger charge is 2.22. The summed E-state index contributed by atoms with van der Waals surface area (Å²) in [6.07, 6.45) is 0.980. The first kappa shape index (κ1) is 32.6. The molecule has 0 saturated carbocycles. The number of para-hydroxylation sites is 3. The summed E-state index contributed by atoms with van der Waals surface area (Å²) in [5.74, 6) is 0. The minimum Gasteiger partial charge on any atom is -0.456 e. The monoisotopic (exact) mass is 741 g/mol. The van der Waals surface area contributed by atoms with Crippen molar-refractivity contribution in [1.82, 2.24) is 0 Å². The van der Waals surface area contributed by atoms with Gasteiger partial charge in [0.2, 0.25) is 0 Å². The Morgan fingerprint density at radius 2 is 0.810 bits per heavy atom. The summed E-state index contributed by atoms with van der Waals surface area (Å²) in [6.45, 7) is 0. The number of hydrogen-bond donors (Lipinski definition) is 0. The van der Waals surface area contributed by atoms with Gasteiger partial charge in [-0.05, 0) is 111 Å². The maximum atomic E-state index is 6.43. The molecule has 3 heteroatoms. The van der Waals surface area contributed by atoms with Crippen LogP contribution in [-0.2, 0) is 6.42 Å². The Kier molecular flexibility index (Phi) is 7.29. The van der Waals surface area contributed by atoms with E-state index in [0.29, 0.717) is 0 Å². The van der Waals surface area contributed by atoms with E-state index in [1.54, 1.807) is 0 Å². The molecule has 9 aromatic carbocycles. The summed E-state index contributed by atoms with van der Waals surface area (Å²) < 4.78 is 12.7. The lowest BCUT2D eigenvalue weighted by Gasteiger charge is -2.26. The second-order valence-corrected chi connectivity index (χ2v) is 15.2. The Morgan fingerprint density at radius 3 is 1.55 bits per heavy atom. The van der Waals surface area contributed by atoms with Gasteiger partial charge in [0.15, 0.2) is 0 Å². The lowest BCUT2D eigenvalue weighted by Crippen LogP contribution is -2.09. The Hall–Kier alpha value is -7.62. The molecule has 0 unspecified atom stereocenters. The van der Waals surface area contributed by atoms with E-state index in [9.17, 15) is 0 Å². The second-order valence-electron chi connectivity index (χ2n) is 15.2. The molecule has 1 aliphatic rings. The van der Waals surface area contributed by atoms with Crippen molar-refractivity contribution in [3.05, 3.63) is 211 Å². The first-order valence-corrected chi connectivity index (χ1v) is 19.9. The Labute approximate surface area is 335 Å². The molecule has 0 N–H and O–H groups in total. The van der Waals surface area contributed by atoms with E-state index in [-0.39, 0.29) is 0 Å². The number of nitrogens with zero attached hydrogens (tertiary/aromatic N) is 1. The van der Waals surface area contributed by atoms with E-state index in [1.165, 1.54) is 33.4 Å². The highest BCUT2D eigenvalue weighted by molar-refractivity contribution is 6.12. The first-order chi connectivity index (χ1) is 28.7. The molecule has 12 rings (SSSR count). The van der Waals surface area contributed by atoms with E-state index < -0.39 is 0 Å². The molecule has 2 aromatic heterocycles. The number of rotatable bonds is 6. The number of furan rings is 2. The average Bonchev–Trinajstić information content (AvgIpc) is 3.99. The maximum Gasteiger partial charge on any atom is 0.143 e. The highest BCUT2D eigenvalue weighted by atomic mass is 16.3. The normalized spacial score (nSPS) is 12.1. The van der Waals surface area contributed by atoms with Crippen molar-refractivity contribution < 1.29 is 8.83 Å². The molecule has 0 radical (unpaired) electrons. The predicted molar refractivity (Wildman–Crippen MR) is 240 cm³/mol. The van der Waals surface area contributed by atoms with Crippen LogP contribution < -0.4 is 4.90 Å². The summed E-state index contributed by atoms with van der Waals surface area (Å²) in [7, 11) is 0. The number of fused-ring (bicyclic) bond motifs is 9. The molecule has 0 fully saturated rings. The molecule has 0 bridgehead atoms. The summed E-state index contributed by atoms with van der Waals surface area (Å²) in [5, 5.41) is 4.54. The zero-order valence-corrected chi connectivity index (χ0v) is 31.5. The number of hydrogen-bond acceptors (Lipinski definition) is 3. The van der Waals surface area contributed by atoms with Gasteiger partial charge in [-0.3, -0.25) is 0 Å². The largest absolute Gasteiger partial charge is 0.456 e. The van der Waals surface area contributed by atoms with Crippen LogP contribution in [0.2, 0.25) is 0 Å². The van der Waals surface area contributed by atoms with Crippen molar-refractivity contribution in [2.45, 2.75) is 6.42 Å². The molecule has 0 saturated heterocycles. The van der Waals surface area contributed by atoms with Gasteiger partial charge in [-0.2, -0.15) is 0 Å². The van der Waals surface area contributed by atoms with Crippen LogP contribution in [-0.4, -0.2) is 0 Å². The predicted octanol–water partition coefficient (Wildman–Crippen LogP) is 15.5. The number of benzene rings is 9. The smallest absolute Gasteiger partial charge is 0.143 e. The average molecular weight is 742 g/mol. The SMILES string of the molecule is c1ccc2c(c1)Cc1cccc(-c3ccc(N(c4ccc(-c5cccc6c5oc5ccccc56)cc4)c4ccc(-c5cccc6oc7ccccc7c56)cc4)cc3)c1-2. The van der Waals surface area contributed by atoms with Gasteiger partial charge in [-0.15, -0.1) is 0 Å². The Balaban J connectivity index is 0.959. The maximum absolute atomic E-state index is 6.43. The van der Waals surface area contributed by atoms with E-state index in [0.717, 1.165) is 89.6 Å². The van der Waals surface area contributed by atoms with Crippen LogP contribution >= 0.6 is 0 Å². The van der Waals surface area contributed by atoms with E-state index >= 15 is 0 Å². The first-order valence-electron chi connectivity index (χ1n) is 19.9. The molecular weight excluding hydrogens is 707 g/mol. The van der Waals surface area contributed by atoms with Gasteiger partial charge in [0, 0.05) is 44.2 Å². The third-order valence-electron chi connectivity index (χ3n) is 11.9. The fraction of sp³-hybridized carbons (Fsp3) is 0.0182. The molecular formula is C55H35NO2. The van der Waals surface area contributed by atoms with E-state index in [4.69, 9.17) is 8.83 Å². The molecule has 11 aromatic rings. The van der Waals surface area contributed by atoms with Gasteiger partial charge in [0.05, 0.1) is 0 Å². The molecule has 272 valence electrons. The third kappa shape index (κ3) is 5.14. The Bertz CT molecular complexity index is 3350. The van der Waals surface area contributed by atoms with Crippen LogP contribution in [0.15, 0.2) is 209 Å². The van der Waals surface area contributed by atoms with Gasteiger partial charge in [0.25, 0.3) is 0 Å². The second kappa shape index (κ2) is 13.0. The fourth-order valence-corrected chi connectivity index (χ4v) is 9.24. The third-order valence-corrected chi connectivity index (χ3v) is 11.9. The molecule has 0 amide bonds. The molecule has 0 aliphatic heterocycles. The number of anilines is 3. The molecule has 3 nitrogen and oxygen atoms in total. The van der Waals surface area contributed by atoms with Crippen LogP contribution in [0.4, 0.5) is 17.1 Å². The molecule has 0 atom stereocenters. The summed E-state index contributed by atoms with van der Waals surface area (Å²) >= 11 is 0. The van der Waals surface area contributed by atoms with Crippen LogP contribution in [0, 0.1) is 0 Å². The van der Waals surface area contributed by atoms with Gasteiger partial charge in [-0.1, -0.05) is 146 Å².